The molecule has 4 rings (SSSR count). The molecule has 0 aliphatic heterocycles. The molecule has 1 atom stereocenters. The van der Waals surface area contributed by atoms with Gasteiger partial charge in [-0.05, 0) is 16.7 Å². The fourth-order valence-electron chi connectivity index (χ4n) is 4.01. The zero-order valence-corrected chi connectivity index (χ0v) is 14.4. The van der Waals surface area contributed by atoms with Crippen LogP contribution in [-0.4, -0.2) is 17.9 Å². The third kappa shape index (κ3) is 2.28. The smallest absolute Gasteiger partial charge is 0.303 e. The van der Waals surface area contributed by atoms with Gasteiger partial charge in [-0.2, -0.15) is 0 Å². The number of Topliss-reactive ketones (excluding diaryl/α,β-unsaturated/α-hetero) is 1. The van der Waals surface area contributed by atoms with Gasteiger partial charge in [-0.15, -0.1) is 0 Å². The van der Waals surface area contributed by atoms with E-state index in [0.29, 0.717) is 5.56 Å². The van der Waals surface area contributed by atoms with Gasteiger partial charge in [0.2, 0.25) is 5.78 Å². The Morgan fingerprint density at radius 2 is 1.31 bits per heavy atom. The third-order valence-corrected chi connectivity index (χ3v) is 4.99. The van der Waals surface area contributed by atoms with E-state index in [2.05, 4.69) is 0 Å². The second-order valence-electron chi connectivity index (χ2n) is 6.44. The summed E-state index contributed by atoms with van der Waals surface area (Å²) in [6.07, 6.45) is -0.929. The molecule has 1 unspecified atom stereocenters. The highest BCUT2D eigenvalue weighted by atomic mass is 16.5. The van der Waals surface area contributed by atoms with Crippen molar-refractivity contribution in [2.45, 2.75) is 18.4 Å². The van der Waals surface area contributed by atoms with Crippen molar-refractivity contribution >= 4 is 11.8 Å². The summed E-state index contributed by atoms with van der Waals surface area (Å²) >= 11 is 0. The Labute approximate surface area is 152 Å². The van der Waals surface area contributed by atoms with Crippen LogP contribution >= 0.6 is 0 Å². The predicted molar refractivity (Wildman–Crippen MR) is 99.1 cm³/mol. The maximum absolute atomic E-state index is 13.2. The molecule has 0 bridgehead atoms. The van der Waals surface area contributed by atoms with Crippen molar-refractivity contribution in [2.24, 2.45) is 0 Å². The van der Waals surface area contributed by atoms with E-state index in [1.54, 1.807) is 0 Å². The Balaban J connectivity index is 2.10. The number of esters is 1. The zero-order chi connectivity index (χ0) is 18.1. The number of hydrogen-bond acceptors (Lipinski definition) is 3. The zero-order valence-electron chi connectivity index (χ0n) is 14.4. The van der Waals surface area contributed by atoms with Crippen molar-refractivity contribution in [2.75, 3.05) is 0 Å². The Morgan fingerprint density at radius 3 is 1.85 bits per heavy atom. The van der Waals surface area contributed by atoms with Gasteiger partial charge >= 0.3 is 5.97 Å². The monoisotopic (exact) mass is 342 g/mol. The minimum Gasteiger partial charge on any atom is -0.452 e. The summed E-state index contributed by atoms with van der Waals surface area (Å²) in [5.74, 6) is -0.629. The summed E-state index contributed by atoms with van der Waals surface area (Å²) in [6.45, 7) is 1.34. The lowest BCUT2D eigenvalue weighted by atomic mass is 9.68. The van der Waals surface area contributed by atoms with Crippen molar-refractivity contribution in [1.29, 1.82) is 0 Å². The van der Waals surface area contributed by atoms with Gasteiger partial charge in [-0.1, -0.05) is 84.9 Å². The van der Waals surface area contributed by atoms with Gasteiger partial charge in [0.1, 0.15) is 0 Å². The van der Waals surface area contributed by atoms with Crippen LogP contribution in [0.5, 0.6) is 0 Å². The van der Waals surface area contributed by atoms with Crippen LogP contribution in [0, 0.1) is 0 Å². The van der Waals surface area contributed by atoms with Crippen molar-refractivity contribution in [3.05, 3.63) is 107 Å². The largest absolute Gasteiger partial charge is 0.452 e. The van der Waals surface area contributed by atoms with Gasteiger partial charge < -0.3 is 4.74 Å². The van der Waals surface area contributed by atoms with Crippen molar-refractivity contribution in [3.8, 4) is 0 Å². The van der Waals surface area contributed by atoms with E-state index in [4.69, 9.17) is 4.74 Å². The van der Waals surface area contributed by atoms with Crippen LogP contribution in [0.3, 0.4) is 0 Å². The highest BCUT2D eigenvalue weighted by molar-refractivity contribution is 6.08. The number of hydrogen-bond donors (Lipinski definition) is 0. The topological polar surface area (TPSA) is 43.4 Å². The summed E-state index contributed by atoms with van der Waals surface area (Å²) in [5, 5.41) is 0. The predicted octanol–water partition coefficient (Wildman–Crippen LogP) is 4.15. The van der Waals surface area contributed by atoms with E-state index in [9.17, 15) is 9.59 Å². The summed E-state index contributed by atoms with van der Waals surface area (Å²) in [6, 6.07) is 27.1. The van der Waals surface area contributed by atoms with E-state index in [1.165, 1.54) is 6.92 Å². The Bertz CT molecular complexity index is 922. The van der Waals surface area contributed by atoms with Crippen LogP contribution in [0.25, 0.3) is 0 Å². The number of benzene rings is 3. The van der Waals surface area contributed by atoms with Gasteiger partial charge in [0.15, 0.2) is 6.10 Å². The molecule has 1 aliphatic carbocycles. The summed E-state index contributed by atoms with van der Waals surface area (Å²) in [4.78, 5) is 25.1. The summed E-state index contributed by atoms with van der Waals surface area (Å²) in [7, 11) is 0. The van der Waals surface area contributed by atoms with E-state index < -0.39 is 17.5 Å². The molecule has 0 heterocycles. The van der Waals surface area contributed by atoms with E-state index in [0.717, 1.165) is 16.7 Å². The van der Waals surface area contributed by atoms with Crippen molar-refractivity contribution in [3.63, 3.8) is 0 Å². The first-order chi connectivity index (χ1) is 12.7. The first-order valence-corrected chi connectivity index (χ1v) is 8.57. The molecule has 0 fully saturated rings. The SMILES string of the molecule is CC(=O)OC1C(=O)c2ccccc2C1(c1ccccc1)c1ccccc1. The number of carbonyl (C=O) groups is 2. The lowest BCUT2D eigenvalue weighted by Gasteiger charge is -2.36. The molecule has 0 amide bonds. The van der Waals surface area contributed by atoms with E-state index >= 15 is 0 Å². The lowest BCUT2D eigenvalue weighted by molar-refractivity contribution is -0.145. The van der Waals surface area contributed by atoms with Crippen molar-refractivity contribution < 1.29 is 14.3 Å². The van der Waals surface area contributed by atoms with Gasteiger partial charge in [0.25, 0.3) is 0 Å². The van der Waals surface area contributed by atoms with E-state index in [1.807, 2.05) is 84.9 Å². The molecule has 3 nitrogen and oxygen atoms in total. The van der Waals surface area contributed by atoms with Gasteiger partial charge in [-0.3, -0.25) is 9.59 Å². The van der Waals surface area contributed by atoms with Crippen LogP contribution in [0.2, 0.25) is 0 Å². The number of rotatable bonds is 3. The minimum atomic E-state index is -0.929. The highest BCUT2D eigenvalue weighted by Crippen LogP contribution is 2.50. The molecule has 26 heavy (non-hydrogen) atoms. The molecule has 0 saturated heterocycles. The lowest BCUT2D eigenvalue weighted by Crippen LogP contribution is -2.43. The average molecular weight is 342 g/mol. The molecule has 0 spiro atoms. The highest BCUT2D eigenvalue weighted by Gasteiger charge is 2.56. The number of ether oxygens (including phenoxy) is 1. The average Bonchev–Trinajstić information content (AvgIpc) is 2.92. The normalized spacial score (nSPS) is 17.6. The van der Waals surface area contributed by atoms with Crippen LogP contribution in [0.4, 0.5) is 0 Å². The van der Waals surface area contributed by atoms with Crippen molar-refractivity contribution in [1.82, 2.24) is 0 Å². The van der Waals surface area contributed by atoms with Gasteiger partial charge in [-0.25, -0.2) is 0 Å². The standard InChI is InChI=1S/C23H18O3/c1-16(24)26-22-21(25)19-14-8-9-15-20(19)23(22,17-10-4-2-5-11-17)18-12-6-3-7-13-18/h2-15,22H,1H3. The number of fused-ring (bicyclic) bond motifs is 1. The molecule has 3 aromatic carbocycles. The second kappa shape index (κ2) is 6.26. The molecule has 0 N–H and O–H groups in total. The fraction of sp³-hybridized carbons (Fsp3) is 0.130. The maximum Gasteiger partial charge on any atom is 0.303 e. The number of ketones is 1. The second-order valence-corrected chi connectivity index (χ2v) is 6.44. The van der Waals surface area contributed by atoms with Gasteiger partial charge in [0, 0.05) is 12.5 Å². The quantitative estimate of drug-likeness (QED) is 0.672. The fourth-order valence-corrected chi connectivity index (χ4v) is 4.01. The molecule has 0 saturated carbocycles. The van der Waals surface area contributed by atoms with Crippen LogP contribution in [0.15, 0.2) is 84.9 Å². The molecular weight excluding hydrogens is 324 g/mol. The molecule has 3 aromatic rings. The Kier molecular flexibility index (Phi) is 3.92. The van der Waals surface area contributed by atoms with Crippen LogP contribution in [0.1, 0.15) is 34.0 Å². The minimum absolute atomic E-state index is 0.163. The third-order valence-electron chi connectivity index (χ3n) is 4.99. The molecule has 1 aliphatic rings. The number of carbonyl (C=O) groups excluding carboxylic acids is 2. The molecule has 0 aromatic heterocycles. The summed E-state index contributed by atoms with van der Waals surface area (Å²) in [5.41, 5.74) is 2.47. The molecule has 0 radical (unpaired) electrons. The molecule has 3 heteroatoms. The van der Waals surface area contributed by atoms with Gasteiger partial charge in [0.05, 0.1) is 5.41 Å². The maximum atomic E-state index is 13.2. The molecular formula is C23H18O3. The Morgan fingerprint density at radius 1 is 0.808 bits per heavy atom. The summed E-state index contributed by atoms with van der Waals surface area (Å²) < 4.78 is 5.64. The first kappa shape index (κ1) is 16.3. The van der Waals surface area contributed by atoms with Crippen LogP contribution < -0.4 is 0 Å². The van der Waals surface area contributed by atoms with E-state index in [-0.39, 0.29) is 5.78 Å². The molecule has 128 valence electrons. The van der Waals surface area contributed by atoms with Crippen LogP contribution in [-0.2, 0) is 14.9 Å². The first-order valence-electron chi connectivity index (χ1n) is 8.57. The Hall–Kier alpha value is -3.20.